The first-order valence-corrected chi connectivity index (χ1v) is 7.01. The van der Waals surface area contributed by atoms with Gasteiger partial charge in [-0.15, -0.1) is 11.8 Å². The van der Waals surface area contributed by atoms with Crippen LogP contribution in [0.15, 0.2) is 20.8 Å². The molecule has 2 rings (SSSR count). The lowest BCUT2D eigenvalue weighted by molar-refractivity contribution is 0.0803. The molecule has 0 radical (unpaired) electrons. The van der Waals surface area contributed by atoms with Crippen LogP contribution in [0.25, 0.3) is 6.08 Å². The molecular weight excluding hydrogens is 324 g/mol. The molecule has 0 saturated carbocycles. The Balaban J connectivity index is 2.36. The third kappa shape index (κ3) is 2.77. The Morgan fingerprint density at radius 3 is 3.06 bits per heavy atom. The summed E-state index contributed by atoms with van der Waals surface area (Å²) in [4.78, 5) is 27.0. The predicted molar refractivity (Wildman–Crippen MR) is 72.7 cm³/mol. The van der Waals surface area contributed by atoms with Crippen LogP contribution in [-0.4, -0.2) is 33.3 Å². The smallest absolute Gasteiger partial charge is 0.329 e. The summed E-state index contributed by atoms with van der Waals surface area (Å²) in [6, 6.07) is 0. The molecule has 1 aromatic heterocycles. The Kier molecular flexibility index (Phi) is 4.44. The highest BCUT2D eigenvalue weighted by Gasteiger charge is 2.27. The van der Waals surface area contributed by atoms with Crippen LogP contribution in [-0.2, 0) is 4.74 Å². The number of aromatic nitrogens is 2. The van der Waals surface area contributed by atoms with Gasteiger partial charge in [-0.05, 0) is 11.1 Å². The van der Waals surface area contributed by atoms with E-state index in [9.17, 15) is 9.59 Å². The fourth-order valence-corrected chi connectivity index (χ4v) is 2.91. The molecule has 1 aliphatic rings. The Labute approximate surface area is 115 Å². The Morgan fingerprint density at radius 1 is 1.67 bits per heavy atom. The van der Waals surface area contributed by atoms with Crippen LogP contribution in [0, 0.1) is 0 Å². The van der Waals surface area contributed by atoms with Crippen molar-refractivity contribution >= 4 is 33.8 Å². The maximum absolute atomic E-state index is 11.7. The van der Waals surface area contributed by atoms with Gasteiger partial charge in [0.15, 0.2) is 0 Å². The van der Waals surface area contributed by atoms with Crippen LogP contribution in [0.2, 0.25) is 0 Å². The molecule has 2 heterocycles. The topological polar surface area (TPSA) is 84.3 Å². The lowest BCUT2D eigenvalue weighted by Gasteiger charge is -2.11. The Hall–Kier alpha value is -0.830. The molecule has 8 heteroatoms. The van der Waals surface area contributed by atoms with Gasteiger partial charge in [-0.3, -0.25) is 14.3 Å². The molecule has 1 saturated heterocycles. The zero-order valence-electron chi connectivity index (χ0n) is 9.21. The molecule has 1 fully saturated rings. The summed E-state index contributed by atoms with van der Waals surface area (Å²) in [6.45, 7) is 0.215. The molecule has 18 heavy (non-hydrogen) atoms. The minimum absolute atomic E-state index is 0.104. The lowest BCUT2D eigenvalue weighted by Crippen LogP contribution is -2.32. The predicted octanol–water partition coefficient (Wildman–Crippen LogP) is 0.483. The van der Waals surface area contributed by atoms with Crippen LogP contribution in [0.4, 0.5) is 0 Å². The van der Waals surface area contributed by atoms with Gasteiger partial charge in [0, 0.05) is 6.20 Å². The second-order valence-electron chi connectivity index (χ2n) is 3.58. The van der Waals surface area contributed by atoms with E-state index in [2.05, 4.69) is 20.9 Å². The van der Waals surface area contributed by atoms with Gasteiger partial charge >= 0.3 is 5.69 Å². The lowest BCUT2D eigenvalue weighted by atomic mass is 10.3. The fraction of sp³-hybridized carbons (Fsp3) is 0.400. The number of aliphatic hydroxyl groups is 1. The van der Waals surface area contributed by atoms with Crippen molar-refractivity contribution in [3.8, 4) is 0 Å². The first kappa shape index (κ1) is 13.6. The van der Waals surface area contributed by atoms with Crippen LogP contribution in [0.1, 0.15) is 10.9 Å². The molecule has 1 aliphatic heterocycles. The maximum atomic E-state index is 11.7. The fourth-order valence-electron chi connectivity index (χ4n) is 1.59. The number of hydrogen-bond donors (Lipinski definition) is 2. The van der Waals surface area contributed by atoms with E-state index in [1.54, 1.807) is 11.1 Å². The van der Waals surface area contributed by atoms with E-state index < -0.39 is 11.2 Å². The number of nitrogens with one attached hydrogen (secondary N) is 1. The van der Waals surface area contributed by atoms with Gasteiger partial charge in [0.25, 0.3) is 5.56 Å². The SMILES string of the molecule is O=c1[nH]c(=O)n([C@H]2CO[C@H](CO)S2)cc1/C=C/Br. The van der Waals surface area contributed by atoms with Crippen LogP contribution in [0.5, 0.6) is 0 Å². The minimum Gasteiger partial charge on any atom is -0.393 e. The summed E-state index contributed by atoms with van der Waals surface area (Å²) in [5.41, 5.74) is -0.871. The van der Waals surface area contributed by atoms with Crippen molar-refractivity contribution in [1.29, 1.82) is 0 Å². The van der Waals surface area contributed by atoms with Crippen LogP contribution < -0.4 is 11.2 Å². The third-order valence-electron chi connectivity index (χ3n) is 2.43. The van der Waals surface area contributed by atoms with Gasteiger partial charge in [0.1, 0.15) is 10.8 Å². The van der Waals surface area contributed by atoms with Gasteiger partial charge in [-0.2, -0.15) is 0 Å². The van der Waals surface area contributed by atoms with E-state index in [0.717, 1.165) is 0 Å². The molecule has 0 bridgehead atoms. The van der Waals surface area contributed by atoms with Crippen molar-refractivity contribution in [3.05, 3.63) is 37.6 Å². The first-order valence-electron chi connectivity index (χ1n) is 5.16. The number of H-pyrrole nitrogens is 1. The van der Waals surface area contributed by atoms with Crippen molar-refractivity contribution < 1.29 is 9.84 Å². The average Bonchev–Trinajstić information content (AvgIpc) is 2.81. The maximum Gasteiger partial charge on any atom is 0.329 e. The van der Waals surface area contributed by atoms with Gasteiger partial charge in [0.05, 0.1) is 18.8 Å². The number of ether oxygens (including phenoxy) is 1. The number of thioether (sulfide) groups is 1. The number of rotatable bonds is 3. The number of halogens is 1. The summed E-state index contributed by atoms with van der Waals surface area (Å²) in [6.07, 6.45) is 3.04. The normalized spacial score (nSPS) is 23.9. The summed E-state index contributed by atoms with van der Waals surface area (Å²) in [7, 11) is 0. The van der Waals surface area contributed by atoms with Crippen molar-refractivity contribution in [3.63, 3.8) is 0 Å². The van der Waals surface area contributed by atoms with Gasteiger partial charge in [-0.1, -0.05) is 15.9 Å². The van der Waals surface area contributed by atoms with E-state index in [1.165, 1.54) is 22.5 Å². The molecule has 0 aliphatic carbocycles. The van der Waals surface area contributed by atoms with Crippen molar-refractivity contribution in [1.82, 2.24) is 9.55 Å². The zero-order valence-corrected chi connectivity index (χ0v) is 11.6. The third-order valence-corrected chi connectivity index (χ3v) is 3.96. The van der Waals surface area contributed by atoms with Crippen LogP contribution >= 0.6 is 27.7 Å². The second kappa shape index (κ2) is 5.87. The number of aromatic amines is 1. The highest BCUT2D eigenvalue weighted by Crippen LogP contribution is 2.34. The summed E-state index contributed by atoms with van der Waals surface area (Å²) in [5, 5.41) is 8.73. The van der Waals surface area contributed by atoms with Gasteiger partial charge in [0.2, 0.25) is 0 Å². The summed E-state index contributed by atoms with van der Waals surface area (Å²) >= 11 is 4.43. The molecule has 1 aromatic rings. The van der Waals surface area contributed by atoms with Crippen molar-refractivity contribution in [2.75, 3.05) is 13.2 Å². The molecule has 0 unspecified atom stereocenters. The van der Waals surface area contributed by atoms with E-state index in [4.69, 9.17) is 9.84 Å². The monoisotopic (exact) mass is 334 g/mol. The minimum atomic E-state index is -0.480. The average molecular weight is 335 g/mol. The summed E-state index contributed by atoms with van der Waals surface area (Å²) < 4.78 is 6.69. The first-order chi connectivity index (χ1) is 8.65. The summed E-state index contributed by atoms with van der Waals surface area (Å²) in [5.74, 6) is 0. The Bertz CT molecular complexity index is 568. The van der Waals surface area contributed by atoms with Gasteiger partial charge in [-0.25, -0.2) is 4.79 Å². The largest absolute Gasteiger partial charge is 0.393 e. The molecule has 2 atom stereocenters. The highest BCUT2D eigenvalue weighted by molar-refractivity contribution is 9.11. The van der Waals surface area contributed by atoms with E-state index in [1.807, 2.05) is 0 Å². The van der Waals surface area contributed by atoms with Gasteiger partial charge < -0.3 is 9.84 Å². The molecule has 0 amide bonds. The number of aliphatic hydroxyl groups excluding tert-OH is 1. The molecule has 6 nitrogen and oxygen atoms in total. The van der Waals surface area contributed by atoms with Crippen molar-refractivity contribution in [2.24, 2.45) is 0 Å². The highest BCUT2D eigenvalue weighted by atomic mass is 79.9. The number of hydrogen-bond acceptors (Lipinski definition) is 5. The zero-order chi connectivity index (χ0) is 13.1. The van der Waals surface area contributed by atoms with Crippen molar-refractivity contribution in [2.45, 2.75) is 10.8 Å². The van der Waals surface area contributed by atoms with E-state index in [-0.39, 0.29) is 17.4 Å². The Morgan fingerprint density at radius 2 is 2.44 bits per heavy atom. The van der Waals surface area contributed by atoms with E-state index in [0.29, 0.717) is 12.2 Å². The second-order valence-corrected chi connectivity index (χ2v) is 5.45. The quantitative estimate of drug-likeness (QED) is 0.840. The molecule has 2 N–H and O–H groups in total. The molecule has 0 aromatic carbocycles. The standard InChI is InChI=1S/C10H11BrN2O4S/c11-2-1-6-3-13(10(16)12-9(6)15)7-5-17-8(4-14)18-7/h1-3,7-8,14H,4-5H2,(H,12,15,16)/b2-1+/t7-,8+/m1/s1. The van der Waals surface area contributed by atoms with Crippen LogP contribution in [0.3, 0.4) is 0 Å². The molecule has 98 valence electrons. The molecular formula is C10H11BrN2O4S. The van der Waals surface area contributed by atoms with E-state index >= 15 is 0 Å². The molecule has 0 spiro atoms. The number of nitrogens with zero attached hydrogens (tertiary/aromatic N) is 1.